The van der Waals surface area contributed by atoms with E-state index in [9.17, 15) is 0 Å². The van der Waals surface area contributed by atoms with Crippen molar-refractivity contribution in [2.24, 2.45) is 12.9 Å². The predicted molar refractivity (Wildman–Crippen MR) is 74.0 cm³/mol. The van der Waals surface area contributed by atoms with Crippen LogP contribution in [0.1, 0.15) is 17.2 Å². The van der Waals surface area contributed by atoms with Gasteiger partial charge in [0, 0.05) is 13.2 Å². The molecule has 2 rings (SSSR count). The summed E-state index contributed by atoms with van der Waals surface area (Å²) in [5, 5.41) is 6.29. The Hall–Kier alpha value is -0.440. The van der Waals surface area contributed by atoms with Crippen LogP contribution in [-0.2, 0) is 13.5 Å². The van der Waals surface area contributed by atoms with Crippen molar-refractivity contribution in [3.8, 4) is 0 Å². The van der Waals surface area contributed by atoms with E-state index in [1.807, 2.05) is 19.4 Å². The molecule has 0 aliphatic rings. The average Bonchev–Trinajstić information content (AvgIpc) is 2.84. The van der Waals surface area contributed by atoms with Gasteiger partial charge in [0.05, 0.1) is 15.1 Å². The number of nitrogens with two attached hydrogens (primary N) is 1. The van der Waals surface area contributed by atoms with Crippen LogP contribution < -0.4 is 11.3 Å². The van der Waals surface area contributed by atoms with Crippen molar-refractivity contribution in [3.05, 3.63) is 37.9 Å². The van der Waals surface area contributed by atoms with Crippen LogP contribution in [0.2, 0.25) is 0 Å². The van der Waals surface area contributed by atoms with Crippen molar-refractivity contribution in [2.75, 3.05) is 0 Å². The molecule has 1 unspecified atom stereocenters. The van der Waals surface area contributed by atoms with Gasteiger partial charge in [-0.25, -0.2) is 0 Å². The maximum atomic E-state index is 5.59. The fraction of sp³-hybridized carbons (Fsp3) is 0.300. The largest absolute Gasteiger partial charge is 0.276 e. The summed E-state index contributed by atoms with van der Waals surface area (Å²) in [6.45, 7) is 0. The lowest BCUT2D eigenvalue weighted by Crippen LogP contribution is -2.29. The number of thiophene rings is 1. The van der Waals surface area contributed by atoms with Gasteiger partial charge in [-0.05, 0) is 51.6 Å². The molecule has 3 N–H and O–H groups in total. The molecule has 16 heavy (non-hydrogen) atoms. The minimum Gasteiger partial charge on any atom is -0.276 e. The summed E-state index contributed by atoms with van der Waals surface area (Å²) in [5.41, 5.74) is 5.28. The lowest BCUT2D eigenvalue weighted by atomic mass is 10.0. The molecule has 0 saturated heterocycles. The van der Waals surface area contributed by atoms with Gasteiger partial charge >= 0.3 is 0 Å². The van der Waals surface area contributed by atoms with Crippen LogP contribution in [0.25, 0.3) is 0 Å². The topological polar surface area (TPSA) is 55.9 Å². The summed E-state index contributed by atoms with van der Waals surface area (Å²) >= 11 is 4.05. The van der Waals surface area contributed by atoms with E-state index < -0.39 is 0 Å². The van der Waals surface area contributed by atoms with Crippen molar-refractivity contribution in [1.29, 1.82) is 0 Å². The Labute approximate surface area is 112 Å². The zero-order valence-corrected chi connectivity index (χ0v) is 11.8. The first kappa shape index (κ1) is 12.0. The van der Waals surface area contributed by atoms with Crippen LogP contribution >= 0.6 is 33.9 Å². The zero-order valence-electron chi connectivity index (χ0n) is 8.85. The van der Waals surface area contributed by atoms with Crippen molar-refractivity contribution in [2.45, 2.75) is 12.5 Å². The van der Waals surface area contributed by atoms with E-state index in [4.69, 9.17) is 5.84 Å². The molecule has 0 spiro atoms. The van der Waals surface area contributed by atoms with Gasteiger partial charge in [-0.2, -0.15) is 5.10 Å². The molecule has 6 heteroatoms. The molecule has 0 radical (unpaired) electrons. The highest BCUT2D eigenvalue weighted by atomic mass is 127. The van der Waals surface area contributed by atoms with Gasteiger partial charge in [-0.15, -0.1) is 11.3 Å². The average molecular weight is 348 g/mol. The van der Waals surface area contributed by atoms with Gasteiger partial charge in [0.25, 0.3) is 0 Å². The number of nitrogens with one attached hydrogen (secondary N) is 1. The molecule has 0 aliphatic heterocycles. The second kappa shape index (κ2) is 5.26. The van der Waals surface area contributed by atoms with Gasteiger partial charge in [-0.1, -0.05) is 0 Å². The molecular weight excluding hydrogens is 335 g/mol. The summed E-state index contributed by atoms with van der Waals surface area (Å²) in [4.78, 5) is 0. The van der Waals surface area contributed by atoms with E-state index >= 15 is 0 Å². The molecule has 86 valence electrons. The zero-order chi connectivity index (χ0) is 11.5. The van der Waals surface area contributed by atoms with E-state index in [1.165, 1.54) is 14.0 Å². The van der Waals surface area contributed by atoms with E-state index in [0.717, 1.165) is 6.42 Å². The van der Waals surface area contributed by atoms with Crippen LogP contribution in [0, 0.1) is 2.88 Å². The van der Waals surface area contributed by atoms with Gasteiger partial charge in [0.15, 0.2) is 0 Å². The number of hydrazine groups is 1. The Morgan fingerprint density at radius 2 is 2.50 bits per heavy atom. The number of hydrogen-bond acceptors (Lipinski definition) is 4. The first-order valence-corrected chi connectivity index (χ1v) is 6.82. The summed E-state index contributed by atoms with van der Waals surface area (Å²) in [7, 11) is 1.92. The molecule has 0 amide bonds. The van der Waals surface area contributed by atoms with Crippen molar-refractivity contribution >= 4 is 33.9 Å². The number of nitrogens with zero attached hydrogens (tertiary/aromatic N) is 2. The molecule has 4 nitrogen and oxygen atoms in total. The number of aryl methyl sites for hydroxylation is 1. The third-order valence-electron chi connectivity index (χ3n) is 2.39. The molecule has 0 fully saturated rings. The SMILES string of the molecule is Cn1cc(CC(NN)c2csc(I)c2)cn1. The molecular formula is C10H13IN4S. The molecule has 0 bridgehead atoms. The number of hydrogen-bond donors (Lipinski definition) is 2. The molecule has 2 aromatic rings. The number of halogens is 1. The van der Waals surface area contributed by atoms with Crippen LogP contribution in [0.5, 0.6) is 0 Å². The highest BCUT2D eigenvalue weighted by Crippen LogP contribution is 2.24. The molecule has 2 aromatic heterocycles. The van der Waals surface area contributed by atoms with Crippen molar-refractivity contribution in [3.63, 3.8) is 0 Å². The first-order valence-electron chi connectivity index (χ1n) is 4.86. The van der Waals surface area contributed by atoms with Crippen LogP contribution in [0.3, 0.4) is 0 Å². The standard InChI is InChI=1S/C10H13IN4S/c1-15-5-7(4-13-15)2-9(14-12)8-3-10(11)16-6-8/h3-6,9,14H,2,12H2,1H3. The molecule has 0 saturated carbocycles. The summed E-state index contributed by atoms with van der Waals surface area (Å²) in [6, 6.07) is 2.32. The van der Waals surface area contributed by atoms with E-state index in [0.29, 0.717) is 0 Å². The summed E-state index contributed by atoms with van der Waals surface area (Å²) < 4.78 is 3.08. The van der Waals surface area contributed by atoms with E-state index in [2.05, 4.69) is 44.6 Å². The molecule has 0 aromatic carbocycles. The lowest BCUT2D eigenvalue weighted by Gasteiger charge is -2.12. The maximum absolute atomic E-state index is 5.59. The second-order valence-corrected chi connectivity index (χ2v) is 6.44. The predicted octanol–water partition coefficient (Wildman–Crippen LogP) is 1.83. The third-order valence-corrected chi connectivity index (χ3v) is 4.20. The fourth-order valence-corrected chi connectivity index (χ4v) is 3.02. The Kier molecular flexibility index (Phi) is 3.95. The van der Waals surface area contributed by atoms with Gasteiger partial charge in [0.1, 0.15) is 0 Å². The summed E-state index contributed by atoms with van der Waals surface area (Å²) in [5.74, 6) is 5.59. The Bertz CT molecular complexity index is 465. The minimum absolute atomic E-state index is 0.156. The third kappa shape index (κ3) is 2.82. The Morgan fingerprint density at radius 3 is 3.00 bits per heavy atom. The first-order chi connectivity index (χ1) is 7.69. The van der Waals surface area contributed by atoms with Gasteiger partial charge in [-0.3, -0.25) is 16.0 Å². The van der Waals surface area contributed by atoms with Gasteiger partial charge < -0.3 is 0 Å². The quantitative estimate of drug-likeness (QED) is 0.504. The second-order valence-electron chi connectivity index (χ2n) is 3.63. The normalized spacial score (nSPS) is 12.9. The summed E-state index contributed by atoms with van der Waals surface area (Å²) in [6.07, 6.45) is 4.75. The highest BCUT2D eigenvalue weighted by molar-refractivity contribution is 14.1. The van der Waals surface area contributed by atoms with Gasteiger partial charge in [0.2, 0.25) is 0 Å². The minimum atomic E-state index is 0.156. The van der Waals surface area contributed by atoms with Crippen molar-refractivity contribution in [1.82, 2.24) is 15.2 Å². The maximum Gasteiger partial charge on any atom is 0.0656 e. The lowest BCUT2D eigenvalue weighted by molar-refractivity contribution is 0.553. The number of aromatic nitrogens is 2. The highest BCUT2D eigenvalue weighted by Gasteiger charge is 2.13. The van der Waals surface area contributed by atoms with Crippen LogP contribution in [0.15, 0.2) is 23.8 Å². The fourth-order valence-electron chi connectivity index (χ4n) is 1.59. The molecule has 0 aliphatic carbocycles. The number of rotatable bonds is 4. The smallest absolute Gasteiger partial charge is 0.0656 e. The van der Waals surface area contributed by atoms with E-state index in [1.54, 1.807) is 16.0 Å². The Balaban J connectivity index is 2.12. The molecule has 1 atom stereocenters. The monoisotopic (exact) mass is 348 g/mol. The van der Waals surface area contributed by atoms with Crippen molar-refractivity contribution < 1.29 is 0 Å². The Morgan fingerprint density at radius 1 is 1.69 bits per heavy atom. The van der Waals surface area contributed by atoms with E-state index in [-0.39, 0.29) is 6.04 Å². The van der Waals surface area contributed by atoms with Crippen LogP contribution in [0.4, 0.5) is 0 Å². The molecule has 2 heterocycles. The van der Waals surface area contributed by atoms with Crippen LogP contribution in [-0.4, -0.2) is 9.78 Å².